The van der Waals surface area contributed by atoms with Crippen molar-refractivity contribution in [1.82, 2.24) is 15.0 Å². The topological polar surface area (TPSA) is 30.7 Å². The quantitative estimate of drug-likeness (QED) is 0.612. The van der Waals surface area contributed by atoms with Crippen molar-refractivity contribution in [2.75, 3.05) is 5.75 Å². The number of aromatic nitrogens is 3. The summed E-state index contributed by atoms with van der Waals surface area (Å²) in [6, 6.07) is 0. The largest absolute Gasteiger partial charge is 0.251 e. The molecular weight excluding hydrogens is 134 g/mol. The molecule has 0 aliphatic carbocycles. The Morgan fingerprint density at radius 2 is 2.56 bits per heavy atom. The summed E-state index contributed by atoms with van der Waals surface area (Å²) in [5.41, 5.74) is 0.955. The molecule has 0 radical (unpaired) electrons. The molecule has 3 nitrogen and oxygen atoms in total. The molecule has 0 aliphatic heterocycles. The van der Waals surface area contributed by atoms with E-state index in [1.165, 1.54) is 0 Å². The first kappa shape index (κ1) is 6.61. The summed E-state index contributed by atoms with van der Waals surface area (Å²) in [5.74, 6) is 0.808. The molecule has 1 rings (SSSR count). The molecule has 0 bridgehead atoms. The maximum Gasteiger partial charge on any atom is 0.0796 e. The minimum Gasteiger partial charge on any atom is -0.251 e. The van der Waals surface area contributed by atoms with Crippen molar-refractivity contribution in [2.45, 2.75) is 13.5 Å². The molecule has 0 amide bonds. The van der Waals surface area contributed by atoms with Crippen molar-refractivity contribution >= 4 is 12.6 Å². The van der Waals surface area contributed by atoms with Gasteiger partial charge < -0.3 is 0 Å². The predicted octanol–water partition coefficient (Wildman–Crippen LogP) is 0.516. The zero-order valence-corrected chi connectivity index (χ0v) is 6.17. The van der Waals surface area contributed by atoms with Gasteiger partial charge in [-0.1, -0.05) is 5.21 Å². The van der Waals surface area contributed by atoms with Crippen molar-refractivity contribution in [3.05, 3.63) is 11.9 Å². The lowest BCUT2D eigenvalue weighted by atomic mass is 10.6. The molecule has 0 N–H and O–H groups in total. The van der Waals surface area contributed by atoms with Gasteiger partial charge in [0.15, 0.2) is 0 Å². The van der Waals surface area contributed by atoms with Crippen LogP contribution in [0.15, 0.2) is 6.20 Å². The van der Waals surface area contributed by atoms with Crippen LogP contribution >= 0.6 is 12.6 Å². The highest BCUT2D eigenvalue weighted by atomic mass is 32.1. The predicted molar refractivity (Wildman–Crippen MR) is 38.6 cm³/mol. The average Bonchev–Trinajstić information content (AvgIpc) is 2.17. The van der Waals surface area contributed by atoms with Gasteiger partial charge in [-0.05, 0) is 6.92 Å². The molecule has 4 heteroatoms. The van der Waals surface area contributed by atoms with Crippen molar-refractivity contribution < 1.29 is 0 Å². The Kier molecular flexibility index (Phi) is 2.10. The Bertz CT molecular complexity index is 184. The molecule has 0 unspecified atom stereocenters. The van der Waals surface area contributed by atoms with Crippen LogP contribution in [-0.2, 0) is 6.54 Å². The second kappa shape index (κ2) is 2.87. The molecule has 1 aromatic heterocycles. The first-order valence-corrected chi connectivity index (χ1v) is 3.44. The van der Waals surface area contributed by atoms with Crippen LogP contribution in [0, 0.1) is 6.92 Å². The summed E-state index contributed by atoms with van der Waals surface area (Å²) in [5, 5.41) is 7.64. The Morgan fingerprint density at radius 1 is 1.78 bits per heavy atom. The van der Waals surface area contributed by atoms with Gasteiger partial charge in [0.25, 0.3) is 0 Å². The standard InChI is InChI=1S/C5H9N3S/c1-5-4-8(2-3-9)7-6-5/h4,9H,2-3H2,1H3. The fourth-order valence-corrected chi connectivity index (χ4v) is 0.812. The highest BCUT2D eigenvalue weighted by Gasteiger charge is 1.90. The van der Waals surface area contributed by atoms with E-state index in [4.69, 9.17) is 0 Å². The molecular formula is C5H9N3S. The lowest BCUT2D eigenvalue weighted by Gasteiger charge is -1.90. The molecule has 0 saturated heterocycles. The third kappa shape index (κ3) is 1.71. The van der Waals surface area contributed by atoms with Gasteiger partial charge in [0, 0.05) is 11.9 Å². The third-order valence-electron chi connectivity index (χ3n) is 0.982. The average molecular weight is 143 g/mol. The van der Waals surface area contributed by atoms with Crippen LogP contribution in [0.4, 0.5) is 0 Å². The number of aryl methyl sites for hydroxylation is 2. The Labute approximate surface area is 59.5 Å². The highest BCUT2D eigenvalue weighted by Crippen LogP contribution is 1.89. The molecule has 1 heterocycles. The minimum atomic E-state index is 0.808. The lowest BCUT2D eigenvalue weighted by Crippen LogP contribution is -1.98. The normalized spacial score (nSPS) is 10.0. The van der Waals surface area contributed by atoms with Crippen molar-refractivity contribution in [3.63, 3.8) is 0 Å². The second-order valence-electron chi connectivity index (χ2n) is 1.85. The fraction of sp³-hybridized carbons (Fsp3) is 0.600. The molecule has 0 aliphatic rings. The van der Waals surface area contributed by atoms with Gasteiger partial charge in [0.05, 0.1) is 12.2 Å². The van der Waals surface area contributed by atoms with Crippen LogP contribution in [0.1, 0.15) is 5.69 Å². The van der Waals surface area contributed by atoms with Gasteiger partial charge >= 0.3 is 0 Å². The summed E-state index contributed by atoms with van der Waals surface area (Å²) in [6.07, 6.45) is 1.90. The van der Waals surface area contributed by atoms with E-state index in [0.717, 1.165) is 18.0 Å². The number of hydrogen-bond donors (Lipinski definition) is 1. The SMILES string of the molecule is Cc1cn(CCS)nn1. The van der Waals surface area contributed by atoms with Gasteiger partial charge in [-0.25, -0.2) is 0 Å². The molecule has 0 atom stereocenters. The van der Waals surface area contributed by atoms with E-state index in [-0.39, 0.29) is 0 Å². The summed E-state index contributed by atoms with van der Waals surface area (Å²) in [6.45, 7) is 2.76. The van der Waals surface area contributed by atoms with Crippen LogP contribution in [-0.4, -0.2) is 20.7 Å². The van der Waals surface area contributed by atoms with E-state index < -0.39 is 0 Å². The molecule has 0 fully saturated rings. The Morgan fingerprint density at radius 3 is 3.00 bits per heavy atom. The Hall–Kier alpha value is -0.510. The molecule has 0 spiro atoms. The van der Waals surface area contributed by atoms with Crippen molar-refractivity contribution in [3.8, 4) is 0 Å². The molecule has 1 aromatic rings. The second-order valence-corrected chi connectivity index (χ2v) is 2.29. The van der Waals surface area contributed by atoms with Crippen molar-refractivity contribution in [2.24, 2.45) is 0 Å². The zero-order chi connectivity index (χ0) is 6.69. The van der Waals surface area contributed by atoms with Gasteiger partial charge in [-0.15, -0.1) is 5.10 Å². The number of nitrogens with zero attached hydrogens (tertiary/aromatic N) is 3. The summed E-state index contributed by atoms with van der Waals surface area (Å²) in [7, 11) is 0. The van der Waals surface area contributed by atoms with Crippen LogP contribution in [0.5, 0.6) is 0 Å². The van der Waals surface area contributed by atoms with E-state index >= 15 is 0 Å². The van der Waals surface area contributed by atoms with E-state index in [1.807, 2.05) is 13.1 Å². The van der Waals surface area contributed by atoms with Gasteiger partial charge in [0.2, 0.25) is 0 Å². The van der Waals surface area contributed by atoms with Crippen LogP contribution in [0.3, 0.4) is 0 Å². The lowest BCUT2D eigenvalue weighted by molar-refractivity contribution is 0.633. The Balaban J connectivity index is 2.61. The highest BCUT2D eigenvalue weighted by molar-refractivity contribution is 7.80. The van der Waals surface area contributed by atoms with E-state index in [1.54, 1.807) is 4.68 Å². The zero-order valence-electron chi connectivity index (χ0n) is 5.28. The van der Waals surface area contributed by atoms with E-state index in [0.29, 0.717) is 0 Å². The number of rotatable bonds is 2. The van der Waals surface area contributed by atoms with Crippen LogP contribution < -0.4 is 0 Å². The van der Waals surface area contributed by atoms with Gasteiger partial charge in [0.1, 0.15) is 0 Å². The van der Waals surface area contributed by atoms with Crippen LogP contribution in [0.25, 0.3) is 0 Å². The molecule has 0 aromatic carbocycles. The van der Waals surface area contributed by atoms with Gasteiger partial charge in [-0.2, -0.15) is 12.6 Å². The maximum atomic E-state index is 4.05. The van der Waals surface area contributed by atoms with Gasteiger partial charge in [-0.3, -0.25) is 4.68 Å². The van der Waals surface area contributed by atoms with E-state index in [9.17, 15) is 0 Å². The van der Waals surface area contributed by atoms with E-state index in [2.05, 4.69) is 22.9 Å². The summed E-state index contributed by atoms with van der Waals surface area (Å²) < 4.78 is 1.78. The van der Waals surface area contributed by atoms with Crippen LogP contribution in [0.2, 0.25) is 0 Å². The molecule has 9 heavy (non-hydrogen) atoms. The number of hydrogen-bond acceptors (Lipinski definition) is 3. The summed E-state index contributed by atoms with van der Waals surface area (Å²) >= 11 is 4.05. The number of thiol groups is 1. The monoisotopic (exact) mass is 143 g/mol. The third-order valence-corrected chi connectivity index (χ3v) is 1.18. The first-order valence-electron chi connectivity index (χ1n) is 2.80. The smallest absolute Gasteiger partial charge is 0.0796 e. The maximum absolute atomic E-state index is 4.05. The first-order chi connectivity index (χ1) is 4.33. The van der Waals surface area contributed by atoms with Crippen molar-refractivity contribution in [1.29, 1.82) is 0 Å². The fourth-order valence-electron chi connectivity index (χ4n) is 0.607. The molecule has 0 saturated carbocycles. The summed E-state index contributed by atoms with van der Waals surface area (Å²) in [4.78, 5) is 0. The molecule has 50 valence electrons. The minimum absolute atomic E-state index is 0.808.